The summed E-state index contributed by atoms with van der Waals surface area (Å²) in [5, 5.41) is 0. The van der Waals surface area contributed by atoms with Gasteiger partial charge in [-0.2, -0.15) is 0 Å². The first-order valence-electron chi connectivity index (χ1n) is 8.66. The van der Waals surface area contributed by atoms with Crippen LogP contribution >= 0.6 is 0 Å². The van der Waals surface area contributed by atoms with Gasteiger partial charge in [0.25, 0.3) is 0 Å². The standard InChI is InChI=1S/C19H30O3S/c1-3-5-6-7-8-9-10-11-12-17-23(20,21)19-15-13-18(14-16-19)22-4-2/h3,13-16H,1,4-12,17H2,2H3. The molecule has 4 heteroatoms. The predicted octanol–water partition coefficient (Wildman–Crippen LogP) is 5.17. The number of rotatable bonds is 13. The quantitative estimate of drug-likeness (QED) is 0.368. The van der Waals surface area contributed by atoms with Gasteiger partial charge in [0.05, 0.1) is 17.3 Å². The molecule has 1 aromatic rings. The van der Waals surface area contributed by atoms with Crippen LogP contribution in [0.3, 0.4) is 0 Å². The van der Waals surface area contributed by atoms with Crippen molar-refractivity contribution in [2.24, 2.45) is 0 Å². The molecule has 0 bridgehead atoms. The molecule has 0 saturated carbocycles. The van der Waals surface area contributed by atoms with Gasteiger partial charge in [-0.05, 0) is 50.5 Å². The third-order valence-electron chi connectivity index (χ3n) is 3.82. The Hall–Kier alpha value is -1.29. The van der Waals surface area contributed by atoms with Gasteiger partial charge in [0.1, 0.15) is 5.75 Å². The molecule has 0 unspecified atom stereocenters. The Morgan fingerprint density at radius 2 is 1.52 bits per heavy atom. The highest BCUT2D eigenvalue weighted by Gasteiger charge is 2.13. The summed E-state index contributed by atoms with van der Waals surface area (Å²) in [6.45, 7) is 6.21. The average molecular weight is 339 g/mol. The third-order valence-corrected chi connectivity index (χ3v) is 5.63. The maximum atomic E-state index is 12.3. The lowest BCUT2D eigenvalue weighted by molar-refractivity contribution is 0.340. The summed E-state index contributed by atoms with van der Waals surface area (Å²) in [4.78, 5) is 0.394. The van der Waals surface area contributed by atoms with Crippen molar-refractivity contribution in [2.45, 2.75) is 63.2 Å². The Labute approximate surface area is 141 Å². The van der Waals surface area contributed by atoms with Gasteiger partial charge < -0.3 is 4.74 Å². The first-order chi connectivity index (χ1) is 11.1. The van der Waals surface area contributed by atoms with Crippen molar-refractivity contribution in [2.75, 3.05) is 12.4 Å². The van der Waals surface area contributed by atoms with Crippen LogP contribution < -0.4 is 4.74 Å². The minimum Gasteiger partial charge on any atom is -0.494 e. The van der Waals surface area contributed by atoms with E-state index in [-0.39, 0.29) is 5.75 Å². The Balaban J connectivity index is 2.23. The number of sulfone groups is 1. The summed E-state index contributed by atoms with van der Waals surface area (Å²) in [6, 6.07) is 6.72. The third kappa shape index (κ3) is 8.21. The van der Waals surface area contributed by atoms with Crippen LogP contribution in [0.4, 0.5) is 0 Å². The number of hydrogen-bond acceptors (Lipinski definition) is 3. The molecule has 1 aromatic carbocycles. The van der Waals surface area contributed by atoms with Crippen molar-refractivity contribution in [1.82, 2.24) is 0 Å². The van der Waals surface area contributed by atoms with Crippen LogP contribution in [-0.2, 0) is 9.84 Å². The molecular formula is C19H30O3S. The van der Waals surface area contributed by atoms with Gasteiger partial charge in [-0.25, -0.2) is 8.42 Å². The van der Waals surface area contributed by atoms with Crippen molar-refractivity contribution in [3.63, 3.8) is 0 Å². The van der Waals surface area contributed by atoms with E-state index in [9.17, 15) is 8.42 Å². The van der Waals surface area contributed by atoms with E-state index >= 15 is 0 Å². The van der Waals surface area contributed by atoms with Crippen LogP contribution in [0.15, 0.2) is 41.8 Å². The topological polar surface area (TPSA) is 43.4 Å². The van der Waals surface area contributed by atoms with Crippen molar-refractivity contribution in [3.8, 4) is 5.75 Å². The van der Waals surface area contributed by atoms with E-state index in [4.69, 9.17) is 4.74 Å². The zero-order valence-electron chi connectivity index (χ0n) is 14.3. The summed E-state index contributed by atoms with van der Waals surface area (Å²) < 4.78 is 29.9. The molecule has 0 radical (unpaired) electrons. The van der Waals surface area contributed by atoms with Crippen molar-refractivity contribution in [3.05, 3.63) is 36.9 Å². The molecule has 1 rings (SSSR count). The Kier molecular flexibility index (Phi) is 9.69. The normalized spacial score (nSPS) is 11.3. The van der Waals surface area contributed by atoms with E-state index in [0.29, 0.717) is 17.3 Å². The van der Waals surface area contributed by atoms with Gasteiger partial charge >= 0.3 is 0 Å². The smallest absolute Gasteiger partial charge is 0.178 e. The van der Waals surface area contributed by atoms with Gasteiger partial charge in [0, 0.05) is 0 Å². The summed E-state index contributed by atoms with van der Waals surface area (Å²) in [5.74, 6) is 0.945. The van der Waals surface area contributed by atoms with Crippen molar-refractivity contribution < 1.29 is 13.2 Å². The van der Waals surface area contributed by atoms with Gasteiger partial charge in [0.2, 0.25) is 0 Å². The first kappa shape index (κ1) is 19.8. The molecule has 0 aliphatic carbocycles. The van der Waals surface area contributed by atoms with Gasteiger partial charge in [0.15, 0.2) is 9.84 Å². The number of ether oxygens (including phenoxy) is 1. The fraction of sp³-hybridized carbons (Fsp3) is 0.579. The minimum absolute atomic E-state index is 0.234. The van der Waals surface area contributed by atoms with Crippen LogP contribution in [-0.4, -0.2) is 20.8 Å². The van der Waals surface area contributed by atoms with Crippen LogP contribution in [0.5, 0.6) is 5.75 Å². The highest BCUT2D eigenvalue weighted by molar-refractivity contribution is 7.91. The van der Waals surface area contributed by atoms with E-state index in [1.807, 2.05) is 13.0 Å². The lowest BCUT2D eigenvalue weighted by Gasteiger charge is -2.07. The van der Waals surface area contributed by atoms with Crippen LogP contribution in [0.1, 0.15) is 58.3 Å². The second-order valence-corrected chi connectivity index (χ2v) is 7.88. The summed E-state index contributed by atoms with van der Waals surface area (Å²) in [7, 11) is -3.16. The van der Waals surface area contributed by atoms with Gasteiger partial charge in [-0.3, -0.25) is 0 Å². The molecule has 0 aliphatic heterocycles. The molecule has 0 fully saturated rings. The van der Waals surface area contributed by atoms with E-state index in [1.54, 1.807) is 24.3 Å². The molecule has 0 atom stereocenters. The summed E-state index contributed by atoms with van der Waals surface area (Å²) in [6.07, 6.45) is 10.8. The fourth-order valence-electron chi connectivity index (χ4n) is 2.49. The molecule has 0 spiro atoms. The van der Waals surface area contributed by atoms with Crippen molar-refractivity contribution in [1.29, 1.82) is 0 Å². The SMILES string of the molecule is C=CCCCCCCCCCS(=O)(=O)c1ccc(OCC)cc1. The summed E-state index contributed by atoms with van der Waals surface area (Å²) >= 11 is 0. The molecule has 0 aromatic heterocycles. The zero-order valence-corrected chi connectivity index (χ0v) is 15.1. The largest absolute Gasteiger partial charge is 0.494 e. The molecular weight excluding hydrogens is 308 g/mol. The minimum atomic E-state index is -3.16. The fourth-order valence-corrected chi connectivity index (χ4v) is 3.86. The molecule has 0 saturated heterocycles. The molecule has 0 heterocycles. The highest BCUT2D eigenvalue weighted by Crippen LogP contribution is 2.18. The molecule has 0 aliphatic rings. The van der Waals surface area contributed by atoms with Gasteiger partial charge in [-0.1, -0.05) is 38.2 Å². The Morgan fingerprint density at radius 3 is 2.09 bits per heavy atom. The monoisotopic (exact) mass is 338 g/mol. The first-order valence-corrected chi connectivity index (χ1v) is 10.3. The highest BCUT2D eigenvalue weighted by atomic mass is 32.2. The Bertz CT molecular complexity index is 532. The van der Waals surface area contributed by atoms with Gasteiger partial charge in [-0.15, -0.1) is 6.58 Å². The average Bonchev–Trinajstić information content (AvgIpc) is 2.54. The van der Waals surface area contributed by atoms with Crippen LogP contribution in [0.2, 0.25) is 0 Å². The lowest BCUT2D eigenvalue weighted by atomic mass is 10.1. The second-order valence-electron chi connectivity index (χ2n) is 5.78. The van der Waals surface area contributed by atoms with Crippen LogP contribution in [0.25, 0.3) is 0 Å². The Morgan fingerprint density at radius 1 is 0.957 bits per heavy atom. The number of hydrogen-bond donors (Lipinski definition) is 0. The molecule has 130 valence electrons. The maximum absolute atomic E-state index is 12.3. The number of benzene rings is 1. The van der Waals surface area contributed by atoms with E-state index in [2.05, 4.69) is 6.58 Å². The number of unbranched alkanes of at least 4 members (excludes halogenated alkanes) is 7. The van der Waals surface area contributed by atoms with Crippen LogP contribution in [0, 0.1) is 0 Å². The maximum Gasteiger partial charge on any atom is 0.178 e. The molecule has 3 nitrogen and oxygen atoms in total. The summed E-state index contributed by atoms with van der Waals surface area (Å²) in [5.41, 5.74) is 0. The molecule has 0 N–H and O–H groups in total. The lowest BCUT2D eigenvalue weighted by Crippen LogP contribution is -2.06. The second kappa shape index (κ2) is 11.3. The molecule has 23 heavy (non-hydrogen) atoms. The van der Waals surface area contributed by atoms with E-state index < -0.39 is 9.84 Å². The van der Waals surface area contributed by atoms with E-state index in [1.165, 1.54) is 25.7 Å². The predicted molar refractivity (Wildman–Crippen MR) is 96.8 cm³/mol. The zero-order chi connectivity index (χ0) is 17.0. The van der Waals surface area contributed by atoms with E-state index in [0.717, 1.165) is 25.7 Å². The number of allylic oxidation sites excluding steroid dienone is 1. The van der Waals surface area contributed by atoms with Crippen molar-refractivity contribution >= 4 is 9.84 Å². The molecule has 0 amide bonds.